The smallest absolute Gasteiger partial charge is 0.241 e. The highest BCUT2D eigenvalue weighted by atomic mass is 32.2. The molecule has 1 aromatic carbocycles. The monoisotopic (exact) mass is 322 g/mol. The van der Waals surface area contributed by atoms with Crippen LogP contribution in [0.5, 0.6) is 0 Å². The van der Waals surface area contributed by atoms with Gasteiger partial charge in [0, 0.05) is 28.8 Å². The van der Waals surface area contributed by atoms with E-state index in [2.05, 4.69) is 22.2 Å². The van der Waals surface area contributed by atoms with Crippen molar-refractivity contribution < 1.29 is 8.42 Å². The fourth-order valence-electron chi connectivity index (χ4n) is 2.43. The van der Waals surface area contributed by atoms with Crippen LogP contribution < -0.4 is 10.0 Å². The highest BCUT2D eigenvalue weighted by Crippen LogP contribution is 2.41. The molecule has 4 nitrogen and oxygen atoms in total. The van der Waals surface area contributed by atoms with Crippen molar-refractivity contribution in [1.29, 1.82) is 0 Å². The van der Waals surface area contributed by atoms with Gasteiger partial charge in [-0.3, -0.25) is 0 Å². The van der Waals surface area contributed by atoms with Crippen molar-refractivity contribution >= 4 is 21.4 Å². The van der Waals surface area contributed by atoms with Crippen LogP contribution >= 0.6 is 11.3 Å². The van der Waals surface area contributed by atoms with Crippen molar-refractivity contribution in [3.8, 4) is 0 Å². The summed E-state index contributed by atoms with van der Waals surface area (Å²) in [5, 5.41) is 4.73. The van der Waals surface area contributed by atoms with Gasteiger partial charge in [0.15, 0.2) is 0 Å². The maximum atomic E-state index is 12.4. The van der Waals surface area contributed by atoms with Crippen LogP contribution in [0.1, 0.15) is 22.8 Å². The molecule has 112 valence electrons. The van der Waals surface area contributed by atoms with Crippen LogP contribution in [-0.4, -0.2) is 21.5 Å². The molecule has 2 atom stereocenters. The lowest BCUT2D eigenvalue weighted by Gasteiger charge is -2.04. The summed E-state index contributed by atoms with van der Waals surface area (Å²) in [4.78, 5) is 1.39. The Morgan fingerprint density at radius 3 is 2.76 bits per heavy atom. The van der Waals surface area contributed by atoms with E-state index in [-0.39, 0.29) is 6.04 Å². The van der Waals surface area contributed by atoms with Crippen LogP contribution in [0.3, 0.4) is 0 Å². The first-order valence-electron chi connectivity index (χ1n) is 6.89. The van der Waals surface area contributed by atoms with Gasteiger partial charge in [-0.2, -0.15) is 0 Å². The fourth-order valence-corrected chi connectivity index (χ4v) is 5.01. The number of rotatable bonds is 6. The molecule has 1 heterocycles. The molecule has 2 aromatic rings. The average Bonchev–Trinajstić information content (AvgIpc) is 3.04. The summed E-state index contributed by atoms with van der Waals surface area (Å²) in [5.41, 5.74) is 1.20. The Hall–Kier alpha value is -1.21. The topological polar surface area (TPSA) is 58.2 Å². The summed E-state index contributed by atoms with van der Waals surface area (Å²) in [6.07, 6.45) is 0.872. The van der Waals surface area contributed by atoms with Gasteiger partial charge in [-0.05, 0) is 25.1 Å². The van der Waals surface area contributed by atoms with Crippen LogP contribution in [0.15, 0.2) is 46.7 Å². The van der Waals surface area contributed by atoms with Crippen molar-refractivity contribution in [2.75, 3.05) is 7.05 Å². The molecule has 1 aromatic heterocycles. The van der Waals surface area contributed by atoms with Crippen molar-refractivity contribution in [2.45, 2.75) is 29.8 Å². The second kappa shape index (κ2) is 5.88. The van der Waals surface area contributed by atoms with E-state index in [1.165, 1.54) is 16.9 Å². The Morgan fingerprint density at radius 1 is 1.29 bits per heavy atom. The molecule has 0 amide bonds. The van der Waals surface area contributed by atoms with Gasteiger partial charge in [0.25, 0.3) is 0 Å². The number of hydrogen-bond donors (Lipinski definition) is 2. The predicted octanol–water partition coefficient (Wildman–Crippen LogP) is 2.30. The van der Waals surface area contributed by atoms with Crippen LogP contribution in [-0.2, 0) is 16.6 Å². The SMILES string of the molecule is CNCc1cc(S(=O)(=O)NC2CC2c2ccccc2)cs1. The molecule has 0 aliphatic heterocycles. The Labute approximate surface area is 129 Å². The third-order valence-corrected chi connectivity index (χ3v) is 6.17. The minimum Gasteiger partial charge on any atom is -0.315 e. The average molecular weight is 322 g/mol. The largest absolute Gasteiger partial charge is 0.315 e. The maximum absolute atomic E-state index is 12.4. The van der Waals surface area contributed by atoms with Crippen LogP contribution in [0.4, 0.5) is 0 Å². The van der Waals surface area contributed by atoms with Crippen molar-refractivity contribution in [3.05, 3.63) is 52.2 Å². The Bertz CT molecular complexity index is 710. The van der Waals surface area contributed by atoms with Gasteiger partial charge < -0.3 is 5.32 Å². The highest BCUT2D eigenvalue weighted by molar-refractivity contribution is 7.89. The van der Waals surface area contributed by atoms with Gasteiger partial charge in [-0.1, -0.05) is 30.3 Å². The maximum Gasteiger partial charge on any atom is 0.241 e. The minimum absolute atomic E-state index is 0.0186. The predicted molar refractivity (Wildman–Crippen MR) is 85.0 cm³/mol. The quantitative estimate of drug-likeness (QED) is 0.858. The molecule has 3 rings (SSSR count). The third-order valence-electron chi connectivity index (χ3n) is 3.62. The molecule has 1 saturated carbocycles. The molecule has 21 heavy (non-hydrogen) atoms. The summed E-state index contributed by atoms with van der Waals surface area (Å²) in [5.74, 6) is 0.302. The van der Waals surface area contributed by atoms with E-state index in [1.54, 1.807) is 11.4 Å². The van der Waals surface area contributed by atoms with Crippen molar-refractivity contribution in [1.82, 2.24) is 10.0 Å². The standard InChI is InChI=1S/C15H18N2O2S2/c1-16-9-12-7-13(10-20-12)21(18,19)17-15-8-14(15)11-5-3-2-4-6-11/h2-7,10,14-17H,8-9H2,1H3. The fraction of sp³-hybridized carbons (Fsp3) is 0.333. The second-order valence-corrected chi connectivity index (χ2v) is 7.97. The first-order chi connectivity index (χ1) is 10.1. The van der Waals surface area contributed by atoms with Gasteiger partial charge in [-0.25, -0.2) is 13.1 Å². The minimum atomic E-state index is -3.40. The van der Waals surface area contributed by atoms with E-state index in [0.29, 0.717) is 17.4 Å². The molecule has 1 aliphatic carbocycles. The first-order valence-corrected chi connectivity index (χ1v) is 9.26. The van der Waals surface area contributed by atoms with Crippen LogP contribution in [0, 0.1) is 0 Å². The molecule has 2 unspecified atom stereocenters. The number of hydrogen-bond acceptors (Lipinski definition) is 4. The molecule has 0 radical (unpaired) electrons. The van der Waals surface area contributed by atoms with Crippen molar-refractivity contribution in [2.24, 2.45) is 0 Å². The summed E-state index contributed by atoms with van der Waals surface area (Å²) in [7, 11) is -1.55. The van der Waals surface area contributed by atoms with Gasteiger partial charge >= 0.3 is 0 Å². The van der Waals surface area contributed by atoms with Crippen LogP contribution in [0.2, 0.25) is 0 Å². The zero-order valence-corrected chi connectivity index (χ0v) is 13.4. The van der Waals surface area contributed by atoms with Crippen molar-refractivity contribution in [3.63, 3.8) is 0 Å². The molecular weight excluding hydrogens is 304 g/mol. The number of benzene rings is 1. The zero-order chi connectivity index (χ0) is 14.9. The molecule has 0 saturated heterocycles. The Morgan fingerprint density at radius 2 is 2.05 bits per heavy atom. The van der Waals surface area contributed by atoms with Gasteiger partial charge in [0.1, 0.15) is 0 Å². The van der Waals surface area contributed by atoms with Gasteiger partial charge in [0.05, 0.1) is 4.90 Å². The Kier molecular flexibility index (Phi) is 4.12. The Balaban J connectivity index is 1.67. The highest BCUT2D eigenvalue weighted by Gasteiger charge is 2.41. The summed E-state index contributed by atoms with van der Waals surface area (Å²) >= 11 is 1.46. The molecule has 1 fully saturated rings. The lowest BCUT2D eigenvalue weighted by atomic mass is 10.1. The molecular formula is C15H18N2O2S2. The van der Waals surface area contributed by atoms with E-state index < -0.39 is 10.0 Å². The number of nitrogens with one attached hydrogen (secondary N) is 2. The zero-order valence-electron chi connectivity index (χ0n) is 11.7. The molecule has 0 spiro atoms. The summed E-state index contributed by atoms with van der Waals surface area (Å²) < 4.78 is 27.5. The van der Waals surface area contributed by atoms with E-state index in [4.69, 9.17) is 0 Å². The summed E-state index contributed by atoms with van der Waals surface area (Å²) in [6.45, 7) is 0.691. The molecule has 1 aliphatic rings. The van der Waals surface area contributed by atoms with E-state index >= 15 is 0 Å². The van der Waals surface area contributed by atoms with Crippen LogP contribution in [0.25, 0.3) is 0 Å². The van der Waals surface area contributed by atoms with Gasteiger partial charge in [-0.15, -0.1) is 11.3 Å². The molecule has 6 heteroatoms. The van der Waals surface area contributed by atoms with E-state index in [9.17, 15) is 8.42 Å². The van der Waals surface area contributed by atoms with Gasteiger partial charge in [0.2, 0.25) is 10.0 Å². The second-order valence-electron chi connectivity index (χ2n) is 5.26. The molecule has 2 N–H and O–H groups in total. The lowest BCUT2D eigenvalue weighted by Crippen LogP contribution is -2.26. The summed E-state index contributed by atoms with van der Waals surface area (Å²) in [6, 6.07) is 11.8. The lowest BCUT2D eigenvalue weighted by molar-refractivity contribution is 0.580. The normalized spacial score (nSPS) is 21.4. The number of sulfonamides is 1. The first kappa shape index (κ1) is 14.7. The number of thiophene rings is 1. The third kappa shape index (κ3) is 3.35. The van der Waals surface area contributed by atoms with E-state index in [0.717, 1.165) is 11.3 Å². The van der Waals surface area contributed by atoms with E-state index in [1.807, 2.05) is 25.2 Å². The molecule has 0 bridgehead atoms.